The van der Waals surface area contributed by atoms with Crippen molar-refractivity contribution in [3.05, 3.63) is 85.1 Å². The Morgan fingerprint density at radius 2 is 1.84 bits per heavy atom. The molecule has 0 aliphatic carbocycles. The Labute approximate surface area is 185 Å². The predicted octanol–water partition coefficient (Wildman–Crippen LogP) is 3.29. The zero-order valence-electron chi connectivity index (χ0n) is 17.0. The highest BCUT2D eigenvalue weighted by Gasteiger charge is 2.33. The number of fused-ring (bicyclic) bond motifs is 3. The molecule has 4 aromatic rings. The normalized spacial score (nSPS) is 15.9. The van der Waals surface area contributed by atoms with Crippen molar-refractivity contribution in [3.63, 3.8) is 0 Å². The highest BCUT2D eigenvalue weighted by Crippen LogP contribution is 2.41. The lowest BCUT2D eigenvalue weighted by atomic mass is 10.0. The smallest absolute Gasteiger partial charge is 0.331 e. The first-order valence-electron chi connectivity index (χ1n) is 9.87. The molecule has 7 nitrogen and oxygen atoms in total. The zero-order chi connectivity index (χ0) is 21.9. The van der Waals surface area contributed by atoms with Gasteiger partial charge < -0.3 is 14.4 Å². The molecule has 0 fully saturated rings. The van der Waals surface area contributed by atoms with Gasteiger partial charge in [-0.3, -0.25) is 13.9 Å². The van der Waals surface area contributed by atoms with Crippen LogP contribution in [0.15, 0.2) is 62.6 Å². The van der Waals surface area contributed by atoms with Crippen LogP contribution in [0.3, 0.4) is 0 Å². The number of aromatic hydroxyl groups is 1. The van der Waals surface area contributed by atoms with Gasteiger partial charge in [-0.2, -0.15) is 0 Å². The van der Waals surface area contributed by atoms with Gasteiger partial charge in [0.25, 0.3) is 5.56 Å². The highest BCUT2D eigenvalue weighted by molar-refractivity contribution is 9.10. The van der Waals surface area contributed by atoms with Crippen LogP contribution in [0.25, 0.3) is 22.2 Å². The van der Waals surface area contributed by atoms with E-state index in [1.165, 1.54) is 11.6 Å². The van der Waals surface area contributed by atoms with Gasteiger partial charge in [-0.25, -0.2) is 4.79 Å². The Bertz CT molecular complexity index is 1460. The van der Waals surface area contributed by atoms with Crippen molar-refractivity contribution in [2.24, 2.45) is 14.1 Å². The van der Waals surface area contributed by atoms with Gasteiger partial charge in [-0.05, 0) is 29.8 Å². The molecule has 1 unspecified atom stereocenters. The molecule has 2 aromatic heterocycles. The van der Waals surface area contributed by atoms with Gasteiger partial charge in [0.2, 0.25) is 0 Å². The molecule has 31 heavy (non-hydrogen) atoms. The molecule has 1 aliphatic rings. The van der Waals surface area contributed by atoms with E-state index in [0.717, 1.165) is 31.6 Å². The van der Waals surface area contributed by atoms with E-state index in [1.54, 1.807) is 25.2 Å². The van der Waals surface area contributed by atoms with Gasteiger partial charge in [-0.1, -0.05) is 40.2 Å². The van der Waals surface area contributed by atoms with Crippen LogP contribution in [-0.4, -0.2) is 25.4 Å². The van der Waals surface area contributed by atoms with Gasteiger partial charge >= 0.3 is 5.69 Å². The topological polar surface area (TPSA) is 78.4 Å². The molecular weight excluding hydrogens is 462 g/mol. The summed E-state index contributed by atoms with van der Waals surface area (Å²) in [6, 6.07) is 14.6. The second-order valence-corrected chi connectivity index (χ2v) is 8.59. The van der Waals surface area contributed by atoms with Crippen molar-refractivity contribution in [1.82, 2.24) is 13.7 Å². The second-order valence-electron chi connectivity index (χ2n) is 7.67. The average Bonchev–Trinajstić information content (AvgIpc) is 3.11. The maximum Gasteiger partial charge on any atom is 0.331 e. The molecule has 1 N–H and O–H groups in total. The summed E-state index contributed by atoms with van der Waals surface area (Å²) in [5, 5.41) is 10.5. The number of phenolic OH excluding ortho intramolecular Hbond substituents is 1. The van der Waals surface area contributed by atoms with Gasteiger partial charge in [0, 0.05) is 30.7 Å². The minimum Gasteiger partial charge on any atom is -0.508 e. The number of ether oxygens (including phenoxy) is 1. The van der Waals surface area contributed by atoms with Crippen LogP contribution in [0.5, 0.6) is 5.75 Å². The summed E-state index contributed by atoms with van der Waals surface area (Å²) in [7, 11) is 3.17. The van der Waals surface area contributed by atoms with Crippen molar-refractivity contribution in [3.8, 4) is 17.0 Å². The number of benzene rings is 2. The number of phenols is 1. The van der Waals surface area contributed by atoms with Crippen molar-refractivity contribution < 1.29 is 9.84 Å². The first-order valence-corrected chi connectivity index (χ1v) is 10.7. The van der Waals surface area contributed by atoms with Crippen LogP contribution in [0.4, 0.5) is 0 Å². The number of hydrogen-bond donors (Lipinski definition) is 1. The van der Waals surface area contributed by atoms with Crippen LogP contribution in [0.1, 0.15) is 17.4 Å². The molecule has 0 bridgehead atoms. The number of nitrogens with zero attached hydrogens (tertiary/aromatic N) is 3. The fraction of sp³-hybridized carbons (Fsp3) is 0.217. The van der Waals surface area contributed by atoms with E-state index in [-0.39, 0.29) is 11.3 Å². The standard InChI is InChI=1S/C23H20BrN3O4/c1-25-19-17(22(29)26(2)23(25)30)18(13-5-3-7-15(24)11-13)27-9-10-31-21(20(19)27)14-6-4-8-16(28)12-14/h3-8,11-12,21,28H,9-10H2,1-2H3. The fourth-order valence-corrected chi connectivity index (χ4v) is 4.86. The average molecular weight is 482 g/mol. The maximum atomic E-state index is 13.3. The third-order valence-electron chi connectivity index (χ3n) is 5.82. The molecule has 5 rings (SSSR count). The number of aryl methyl sites for hydroxylation is 1. The van der Waals surface area contributed by atoms with E-state index in [2.05, 4.69) is 20.5 Å². The van der Waals surface area contributed by atoms with Crippen LogP contribution in [-0.2, 0) is 25.4 Å². The summed E-state index contributed by atoms with van der Waals surface area (Å²) in [5.74, 6) is 0.131. The Morgan fingerprint density at radius 3 is 2.58 bits per heavy atom. The summed E-state index contributed by atoms with van der Waals surface area (Å²) in [6.07, 6.45) is -0.526. The molecule has 0 radical (unpaired) electrons. The van der Waals surface area contributed by atoms with Crippen LogP contribution in [0, 0.1) is 0 Å². The van der Waals surface area contributed by atoms with E-state index in [1.807, 2.05) is 30.3 Å². The largest absolute Gasteiger partial charge is 0.508 e. The van der Waals surface area contributed by atoms with E-state index >= 15 is 0 Å². The first-order chi connectivity index (χ1) is 14.9. The molecule has 0 saturated heterocycles. The lowest BCUT2D eigenvalue weighted by Crippen LogP contribution is -2.37. The first kappa shape index (κ1) is 19.8. The molecule has 8 heteroatoms. The van der Waals surface area contributed by atoms with Gasteiger partial charge in [0.05, 0.1) is 28.9 Å². The minimum atomic E-state index is -0.526. The van der Waals surface area contributed by atoms with E-state index in [9.17, 15) is 14.7 Å². The predicted molar refractivity (Wildman–Crippen MR) is 121 cm³/mol. The van der Waals surface area contributed by atoms with Crippen molar-refractivity contribution in [1.29, 1.82) is 0 Å². The van der Waals surface area contributed by atoms with Crippen molar-refractivity contribution in [2.75, 3.05) is 6.61 Å². The van der Waals surface area contributed by atoms with Crippen molar-refractivity contribution >= 4 is 26.8 Å². The van der Waals surface area contributed by atoms with Gasteiger partial charge in [0.1, 0.15) is 11.9 Å². The van der Waals surface area contributed by atoms with Gasteiger partial charge in [0.15, 0.2) is 0 Å². The number of halogens is 1. The Kier molecular flexibility index (Phi) is 4.64. The number of hydrogen-bond acceptors (Lipinski definition) is 4. The molecule has 1 aliphatic heterocycles. The fourth-order valence-electron chi connectivity index (χ4n) is 4.46. The lowest BCUT2D eigenvalue weighted by molar-refractivity contribution is 0.0477. The summed E-state index contributed by atoms with van der Waals surface area (Å²) >= 11 is 3.52. The number of rotatable bonds is 2. The van der Waals surface area contributed by atoms with Crippen molar-refractivity contribution in [2.45, 2.75) is 12.6 Å². The molecule has 0 spiro atoms. The van der Waals surface area contributed by atoms with E-state index < -0.39 is 11.8 Å². The Hall–Kier alpha value is -3.10. The molecule has 0 saturated carbocycles. The van der Waals surface area contributed by atoms with E-state index in [0.29, 0.717) is 24.1 Å². The minimum absolute atomic E-state index is 0.131. The maximum absolute atomic E-state index is 13.3. The highest BCUT2D eigenvalue weighted by atomic mass is 79.9. The third kappa shape index (κ3) is 2.97. The second kappa shape index (κ2) is 7.25. The summed E-state index contributed by atoms with van der Waals surface area (Å²) in [4.78, 5) is 26.2. The molecular formula is C23H20BrN3O4. The summed E-state index contributed by atoms with van der Waals surface area (Å²) < 4.78 is 11.7. The molecule has 158 valence electrons. The van der Waals surface area contributed by atoms with Crippen LogP contribution in [0.2, 0.25) is 0 Å². The lowest BCUT2D eigenvalue weighted by Gasteiger charge is -2.27. The van der Waals surface area contributed by atoms with E-state index in [4.69, 9.17) is 4.74 Å². The third-order valence-corrected chi connectivity index (χ3v) is 6.32. The Morgan fingerprint density at radius 1 is 1.06 bits per heavy atom. The molecule has 2 aromatic carbocycles. The SMILES string of the molecule is Cn1c(=O)c2c(-c3cccc(Br)c3)n3c(c2n(C)c1=O)C(c1cccc(O)c1)OCC3. The Balaban J connectivity index is 1.96. The van der Waals surface area contributed by atoms with Gasteiger partial charge in [-0.15, -0.1) is 0 Å². The summed E-state index contributed by atoms with van der Waals surface area (Å²) in [6.45, 7) is 0.974. The molecule has 0 amide bonds. The number of aromatic nitrogens is 3. The van der Waals surface area contributed by atoms with Crippen LogP contribution < -0.4 is 11.2 Å². The molecule has 1 atom stereocenters. The zero-order valence-corrected chi connectivity index (χ0v) is 18.6. The van der Waals surface area contributed by atoms with Crippen LogP contribution >= 0.6 is 15.9 Å². The monoisotopic (exact) mass is 481 g/mol. The molecule has 3 heterocycles. The quantitative estimate of drug-likeness (QED) is 0.476. The summed E-state index contributed by atoms with van der Waals surface area (Å²) in [5.41, 5.74) is 2.94.